The monoisotopic (exact) mass is 302 g/mol. The van der Waals surface area contributed by atoms with Crippen LogP contribution in [-0.2, 0) is 19.5 Å². The molecule has 1 aromatic carbocycles. The van der Waals surface area contributed by atoms with Crippen LogP contribution in [0.4, 0.5) is 0 Å². The molecule has 3 aromatic rings. The zero-order valence-electron chi connectivity index (χ0n) is 11.6. The molecule has 3 rings (SSSR count). The summed E-state index contributed by atoms with van der Waals surface area (Å²) in [5, 5.41) is 2.28. The van der Waals surface area contributed by atoms with Crippen molar-refractivity contribution >= 4 is 21.8 Å². The molecule has 2 aromatic heterocycles. The van der Waals surface area contributed by atoms with Gasteiger partial charge in [-0.05, 0) is 12.1 Å². The van der Waals surface area contributed by atoms with Crippen molar-refractivity contribution in [1.82, 2.24) is 9.97 Å². The number of nitrogens with zero attached hydrogens (tertiary/aromatic N) is 2. The van der Waals surface area contributed by atoms with Crippen LogP contribution in [0.3, 0.4) is 0 Å². The number of hydrogen-bond acceptors (Lipinski definition) is 2. The molecule has 2 heterocycles. The topological polar surface area (TPSA) is 25.8 Å². The second-order valence-corrected chi connectivity index (χ2v) is 3.22. The van der Waals surface area contributed by atoms with E-state index in [2.05, 4.69) is 48.1 Å². The Labute approximate surface area is 128 Å². The van der Waals surface area contributed by atoms with E-state index in [1.54, 1.807) is 26.2 Å². The van der Waals surface area contributed by atoms with E-state index in [0.29, 0.717) is 0 Å². The smallest absolute Gasteiger partial charge is 0.346 e. The Bertz CT molecular complexity index is 554. The summed E-state index contributed by atoms with van der Waals surface area (Å²) in [5.41, 5.74) is 1.95. The third kappa shape index (κ3) is 4.07. The van der Waals surface area contributed by atoms with Gasteiger partial charge in [-0.15, -0.1) is 0 Å². The van der Waals surface area contributed by atoms with Crippen molar-refractivity contribution in [3.8, 4) is 0 Å². The first kappa shape index (κ1) is 17.7. The van der Waals surface area contributed by atoms with Gasteiger partial charge < -0.3 is 13.8 Å². The summed E-state index contributed by atoms with van der Waals surface area (Å²) in [6, 6.07) is 12.1. The SMILES string of the molecule is [CH2-]C.[CH2-]C.[Zn+2].c1cnc2c(c1)ccc1cccnc12. The van der Waals surface area contributed by atoms with E-state index in [9.17, 15) is 0 Å². The number of pyridine rings is 2. The molecule has 0 radical (unpaired) electrons. The van der Waals surface area contributed by atoms with Crippen LogP contribution in [0, 0.1) is 13.8 Å². The fraction of sp³-hybridized carbons (Fsp3) is 0.125. The van der Waals surface area contributed by atoms with E-state index < -0.39 is 0 Å². The number of fused-ring (bicyclic) bond motifs is 3. The van der Waals surface area contributed by atoms with Gasteiger partial charge in [0.2, 0.25) is 0 Å². The van der Waals surface area contributed by atoms with Crippen molar-refractivity contribution in [2.24, 2.45) is 0 Å². The molecule has 19 heavy (non-hydrogen) atoms. The predicted molar refractivity (Wildman–Crippen MR) is 79.1 cm³/mol. The minimum Gasteiger partial charge on any atom is -0.346 e. The zero-order chi connectivity index (χ0) is 13.4. The van der Waals surface area contributed by atoms with Gasteiger partial charge in [0.25, 0.3) is 0 Å². The fourth-order valence-electron chi connectivity index (χ4n) is 1.68. The fourth-order valence-corrected chi connectivity index (χ4v) is 1.68. The molecule has 0 aliphatic rings. The first-order valence-corrected chi connectivity index (χ1v) is 5.95. The third-order valence-corrected chi connectivity index (χ3v) is 2.34. The van der Waals surface area contributed by atoms with E-state index in [1.807, 2.05) is 12.1 Å². The molecule has 0 amide bonds. The van der Waals surface area contributed by atoms with Gasteiger partial charge in [0.1, 0.15) is 0 Å². The van der Waals surface area contributed by atoms with Crippen molar-refractivity contribution in [1.29, 1.82) is 0 Å². The van der Waals surface area contributed by atoms with Crippen LogP contribution in [0.5, 0.6) is 0 Å². The van der Waals surface area contributed by atoms with E-state index >= 15 is 0 Å². The molecular formula is C16H18N2Zn. The summed E-state index contributed by atoms with van der Waals surface area (Å²) in [6.07, 6.45) is 3.60. The van der Waals surface area contributed by atoms with Gasteiger partial charge in [0.15, 0.2) is 0 Å². The molecule has 0 saturated heterocycles. The summed E-state index contributed by atoms with van der Waals surface area (Å²) >= 11 is 0. The molecule has 0 aliphatic heterocycles. The molecule has 2 nitrogen and oxygen atoms in total. The van der Waals surface area contributed by atoms with Crippen LogP contribution in [0.1, 0.15) is 13.8 Å². The Morgan fingerprint density at radius 3 is 1.42 bits per heavy atom. The maximum Gasteiger partial charge on any atom is 2.00 e. The van der Waals surface area contributed by atoms with Gasteiger partial charge in [-0.2, -0.15) is 13.8 Å². The normalized spacial score (nSPS) is 8.63. The molecule has 0 N–H and O–H groups in total. The van der Waals surface area contributed by atoms with Gasteiger partial charge in [-0.25, -0.2) is 0 Å². The van der Waals surface area contributed by atoms with Gasteiger partial charge in [0.05, 0.1) is 11.0 Å². The van der Waals surface area contributed by atoms with E-state index in [0.717, 1.165) is 21.8 Å². The van der Waals surface area contributed by atoms with Crippen molar-refractivity contribution < 1.29 is 19.5 Å². The number of hydrogen-bond donors (Lipinski definition) is 0. The molecule has 0 saturated carbocycles. The molecule has 94 valence electrons. The average molecular weight is 304 g/mol. The Morgan fingerprint density at radius 2 is 1.05 bits per heavy atom. The van der Waals surface area contributed by atoms with Crippen LogP contribution < -0.4 is 0 Å². The molecule has 0 fully saturated rings. The molecule has 3 heteroatoms. The van der Waals surface area contributed by atoms with Crippen molar-refractivity contribution in [3.05, 3.63) is 62.6 Å². The van der Waals surface area contributed by atoms with Crippen LogP contribution in [0.25, 0.3) is 21.8 Å². The summed E-state index contributed by atoms with van der Waals surface area (Å²) in [4.78, 5) is 8.69. The molecule has 0 aliphatic carbocycles. The number of rotatable bonds is 0. The first-order valence-electron chi connectivity index (χ1n) is 5.95. The Morgan fingerprint density at radius 1 is 0.684 bits per heavy atom. The molecular weight excluding hydrogens is 286 g/mol. The van der Waals surface area contributed by atoms with E-state index in [1.165, 1.54) is 0 Å². The van der Waals surface area contributed by atoms with Gasteiger partial charge in [-0.3, -0.25) is 9.97 Å². The average Bonchev–Trinajstić information content (AvgIpc) is 2.51. The van der Waals surface area contributed by atoms with Crippen LogP contribution in [-0.4, -0.2) is 9.97 Å². The summed E-state index contributed by atoms with van der Waals surface area (Å²) in [7, 11) is 0. The zero-order valence-corrected chi connectivity index (χ0v) is 14.6. The second-order valence-electron chi connectivity index (χ2n) is 3.22. The van der Waals surface area contributed by atoms with Gasteiger partial charge in [0, 0.05) is 23.2 Å². The quantitative estimate of drug-likeness (QED) is 0.348. The van der Waals surface area contributed by atoms with Crippen molar-refractivity contribution in [2.75, 3.05) is 0 Å². The maximum atomic E-state index is 4.35. The Balaban J connectivity index is 0.000000597. The molecule has 0 unspecified atom stereocenters. The number of benzene rings is 1. The van der Waals surface area contributed by atoms with Crippen molar-refractivity contribution in [2.45, 2.75) is 13.8 Å². The molecule has 0 spiro atoms. The maximum absolute atomic E-state index is 4.35. The predicted octanol–water partition coefficient (Wildman–Crippen LogP) is 4.46. The minimum atomic E-state index is 0. The summed E-state index contributed by atoms with van der Waals surface area (Å²) < 4.78 is 0. The Hall–Kier alpha value is -1.34. The van der Waals surface area contributed by atoms with Gasteiger partial charge in [-0.1, -0.05) is 24.3 Å². The standard InChI is InChI=1S/C12H8N2.2C2H5.Zn/c1-3-9-5-6-10-4-2-8-14-12(10)11(9)13-7-1;2*1-2;/h1-8H;2*1H2,2H3;/q;2*-1;+2. The second kappa shape index (κ2) is 9.57. The first-order chi connectivity index (χ1) is 8.95. The minimum absolute atomic E-state index is 0. The summed E-state index contributed by atoms with van der Waals surface area (Å²) in [5.74, 6) is 0. The van der Waals surface area contributed by atoms with E-state index in [4.69, 9.17) is 0 Å². The van der Waals surface area contributed by atoms with Crippen LogP contribution >= 0.6 is 0 Å². The number of aromatic nitrogens is 2. The molecule has 0 atom stereocenters. The van der Waals surface area contributed by atoms with Gasteiger partial charge >= 0.3 is 19.5 Å². The van der Waals surface area contributed by atoms with Crippen molar-refractivity contribution in [3.63, 3.8) is 0 Å². The third-order valence-electron chi connectivity index (χ3n) is 2.34. The van der Waals surface area contributed by atoms with Crippen LogP contribution in [0.15, 0.2) is 48.8 Å². The summed E-state index contributed by atoms with van der Waals surface area (Å²) in [6.45, 7) is 10.0. The Kier molecular flexibility index (Phi) is 8.90. The largest absolute Gasteiger partial charge is 2.00 e. The van der Waals surface area contributed by atoms with E-state index in [-0.39, 0.29) is 19.5 Å². The van der Waals surface area contributed by atoms with Crippen LogP contribution in [0.2, 0.25) is 0 Å². The molecule has 0 bridgehead atoms.